The van der Waals surface area contributed by atoms with Gasteiger partial charge in [-0.3, -0.25) is 0 Å². The molecule has 3 atom stereocenters. The molecule has 1 N–H and O–H groups in total. The van der Waals surface area contributed by atoms with Crippen molar-refractivity contribution >= 4 is 0 Å². The highest BCUT2D eigenvalue weighted by Gasteiger charge is 2.22. The van der Waals surface area contributed by atoms with Gasteiger partial charge in [-0.05, 0) is 38.9 Å². The van der Waals surface area contributed by atoms with Gasteiger partial charge in [0.1, 0.15) is 0 Å². The molecule has 33 heavy (non-hydrogen) atoms. The highest BCUT2D eigenvalue weighted by Crippen LogP contribution is 2.38. The van der Waals surface area contributed by atoms with Crippen molar-refractivity contribution in [2.75, 3.05) is 0 Å². The summed E-state index contributed by atoms with van der Waals surface area (Å²) in [6.07, 6.45) is 0. The first kappa shape index (κ1) is 24.5. The van der Waals surface area contributed by atoms with E-state index in [1.165, 1.54) is 33.4 Å². The Morgan fingerprint density at radius 2 is 0.848 bits per heavy atom. The van der Waals surface area contributed by atoms with Crippen LogP contribution in [-0.2, 0) is 6.61 Å². The maximum absolute atomic E-state index is 10.5. The first-order valence-electron chi connectivity index (χ1n) is 11.5. The van der Waals surface area contributed by atoms with Crippen LogP contribution in [0.4, 0.5) is 0 Å². The zero-order valence-electron chi connectivity index (χ0n) is 19.2. The predicted molar refractivity (Wildman–Crippen MR) is 141 cm³/mol. The average molecular weight is 437 g/mol. The molecule has 0 bridgehead atoms. The summed E-state index contributed by atoms with van der Waals surface area (Å²) in [6, 6.07) is 36.5. The lowest BCUT2D eigenvalue weighted by molar-refractivity contribution is 0.278. The van der Waals surface area contributed by atoms with E-state index in [0.29, 0.717) is 0 Å². The van der Waals surface area contributed by atoms with E-state index < -0.39 is 0 Å². The third kappa shape index (κ3) is 5.26. The Hall–Kier alpha value is -3.16. The van der Waals surface area contributed by atoms with Crippen LogP contribution < -0.4 is 0 Å². The van der Waals surface area contributed by atoms with E-state index in [1.807, 2.05) is 0 Å². The van der Waals surface area contributed by atoms with E-state index in [0.717, 1.165) is 5.56 Å². The Labute approximate surface area is 199 Å². The van der Waals surface area contributed by atoms with Crippen LogP contribution in [0.5, 0.6) is 0 Å². The summed E-state index contributed by atoms with van der Waals surface area (Å²) >= 11 is 0. The summed E-state index contributed by atoms with van der Waals surface area (Å²) in [7, 11) is 0. The number of hydrogen-bond acceptors (Lipinski definition) is 1. The molecule has 170 valence electrons. The van der Waals surface area contributed by atoms with Crippen molar-refractivity contribution in [3.05, 3.63) is 142 Å². The molecule has 0 saturated heterocycles. The second kappa shape index (κ2) is 11.1. The molecule has 0 saturated carbocycles. The lowest BCUT2D eigenvalue weighted by atomic mass is 9.79. The van der Waals surface area contributed by atoms with Crippen LogP contribution in [0.15, 0.2) is 103 Å². The molecule has 0 aliphatic rings. The van der Waals surface area contributed by atoms with E-state index in [4.69, 9.17) is 0 Å². The van der Waals surface area contributed by atoms with Gasteiger partial charge in [0, 0.05) is 17.8 Å². The molecule has 0 aromatic heterocycles. The van der Waals surface area contributed by atoms with Gasteiger partial charge in [-0.2, -0.15) is 0 Å². The van der Waals surface area contributed by atoms with Crippen molar-refractivity contribution in [3.63, 3.8) is 0 Å². The van der Waals surface area contributed by atoms with Crippen LogP contribution in [-0.4, -0.2) is 5.11 Å². The smallest absolute Gasteiger partial charge is 0.0687 e. The minimum absolute atomic E-state index is 0. The molecule has 4 rings (SSSR count). The highest BCUT2D eigenvalue weighted by atomic mass is 16.3. The first-order valence-corrected chi connectivity index (χ1v) is 11.5. The second-order valence-corrected chi connectivity index (χ2v) is 8.73. The Kier molecular flexibility index (Phi) is 8.25. The molecule has 1 heteroatoms. The van der Waals surface area contributed by atoms with Crippen molar-refractivity contribution in [1.29, 1.82) is 0 Å². The minimum atomic E-state index is 0. The molecule has 0 radical (unpaired) electrons. The molecule has 0 aliphatic heterocycles. The number of rotatable bonds is 7. The van der Waals surface area contributed by atoms with Crippen LogP contribution in [0.1, 0.15) is 84.9 Å². The van der Waals surface area contributed by atoms with Gasteiger partial charge in [-0.15, -0.1) is 0 Å². The highest BCUT2D eigenvalue weighted by molar-refractivity contribution is 5.50. The largest absolute Gasteiger partial charge is 0.392 e. The summed E-state index contributed by atoms with van der Waals surface area (Å²) in [5.41, 5.74) is 8.63. The zero-order chi connectivity index (χ0) is 22.5. The van der Waals surface area contributed by atoms with Crippen LogP contribution in [0, 0.1) is 0 Å². The topological polar surface area (TPSA) is 20.2 Å². The SMILES string of the molecule is C.CC(c1ccccc1)c1cc(C(C)c2ccccc2)c(CO)c(C(C)c2ccccc2)c1. The van der Waals surface area contributed by atoms with Gasteiger partial charge in [0.15, 0.2) is 0 Å². The zero-order valence-corrected chi connectivity index (χ0v) is 19.2. The average Bonchev–Trinajstić information content (AvgIpc) is 2.88. The van der Waals surface area contributed by atoms with Gasteiger partial charge >= 0.3 is 0 Å². The van der Waals surface area contributed by atoms with Gasteiger partial charge in [-0.25, -0.2) is 0 Å². The van der Waals surface area contributed by atoms with Crippen LogP contribution in [0.25, 0.3) is 0 Å². The Balaban J connectivity index is 0.00000306. The molecule has 0 aliphatic carbocycles. The van der Waals surface area contributed by atoms with Crippen LogP contribution in [0.3, 0.4) is 0 Å². The normalized spacial score (nSPS) is 13.6. The summed E-state index contributed by atoms with van der Waals surface area (Å²) < 4.78 is 0. The van der Waals surface area contributed by atoms with E-state index in [9.17, 15) is 5.11 Å². The fourth-order valence-corrected chi connectivity index (χ4v) is 4.72. The standard InChI is InChI=1S/C31H32O.CH4/c1-22(25-13-7-4-8-14-25)28-19-29(23(2)26-15-9-5-10-16-26)31(21-32)30(20-28)24(3)27-17-11-6-12-18-27;/h4-20,22-24,32H,21H2,1-3H3;1H4. The fraction of sp³-hybridized carbons (Fsp3) is 0.250. The van der Waals surface area contributed by atoms with E-state index >= 15 is 0 Å². The number of benzene rings is 4. The molecular formula is C32H36O. The third-order valence-electron chi connectivity index (χ3n) is 6.83. The molecule has 3 unspecified atom stereocenters. The molecule has 4 aromatic carbocycles. The van der Waals surface area contributed by atoms with Crippen LogP contribution >= 0.6 is 0 Å². The van der Waals surface area contributed by atoms with Gasteiger partial charge in [0.2, 0.25) is 0 Å². The van der Waals surface area contributed by atoms with Crippen molar-refractivity contribution in [2.24, 2.45) is 0 Å². The third-order valence-corrected chi connectivity index (χ3v) is 6.83. The summed E-state index contributed by atoms with van der Waals surface area (Å²) in [6.45, 7) is 6.81. The second-order valence-electron chi connectivity index (χ2n) is 8.73. The van der Waals surface area contributed by atoms with Gasteiger partial charge < -0.3 is 5.11 Å². The molecule has 4 aromatic rings. The van der Waals surface area contributed by atoms with E-state index in [1.54, 1.807) is 0 Å². The Bertz CT molecular complexity index is 1070. The lowest BCUT2D eigenvalue weighted by Crippen LogP contribution is -2.11. The van der Waals surface area contributed by atoms with Gasteiger partial charge in [0.05, 0.1) is 6.61 Å². The molecule has 1 nitrogen and oxygen atoms in total. The van der Waals surface area contributed by atoms with Crippen molar-refractivity contribution < 1.29 is 5.11 Å². The Morgan fingerprint density at radius 1 is 0.515 bits per heavy atom. The van der Waals surface area contributed by atoms with Crippen molar-refractivity contribution in [3.8, 4) is 0 Å². The van der Waals surface area contributed by atoms with Gasteiger partial charge in [0.25, 0.3) is 0 Å². The summed E-state index contributed by atoms with van der Waals surface area (Å²) in [4.78, 5) is 0. The van der Waals surface area contributed by atoms with Gasteiger partial charge in [-0.1, -0.05) is 131 Å². The van der Waals surface area contributed by atoms with Crippen molar-refractivity contribution in [1.82, 2.24) is 0 Å². The van der Waals surface area contributed by atoms with E-state index in [2.05, 4.69) is 124 Å². The van der Waals surface area contributed by atoms with E-state index in [-0.39, 0.29) is 31.8 Å². The van der Waals surface area contributed by atoms with Crippen molar-refractivity contribution in [2.45, 2.75) is 52.6 Å². The number of aliphatic hydroxyl groups excluding tert-OH is 1. The molecule has 0 heterocycles. The quantitative estimate of drug-likeness (QED) is 0.309. The molecule has 0 amide bonds. The number of aliphatic hydroxyl groups is 1. The maximum Gasteiger partial charge on any atom is 0.0687 e. The predicted octanol–water partition coefficient (Wildman–Crippen LogP) is 8.27. The fourth-order valence-electron chi connectivity index (χ4n) is 4.72. The first-order chi connectivity index (χ1) is 15.6. The number of hydrogen-bond donors (Lipinski definition) is 1. The van der Waals surface area contributed by atoms with Crippen LogP contribution in [0.2, 0.25) is 0 Å². The lowest BCUT2D eigenvalue weighted by Gasteiger charge is -2.26. The maximum atomic E-state index is 10.5. The molecule has 0 spiro atoms. The Morgan fingerprint density at radius 3 is 1.18 bits per heavy atom. The molecule has 0 fully saturated rings. The summed E-state index contributed by atoms with van der Waals surface area (Å²) in [5, 5.41) is 10.5. The molecular weight excluding hydrogens is 400 g/mol. The minimum Gasteiger partial charge on any atom is -0.392 e. The summed E-state index contributed by atoms with van der Waals surface area (Å²) in [5.74, 6) is 0.665. The monoisotopic (exact) mass is 436 g/mol.